The summed E-state index contributed by atoms with van der Waals surface area (Å²) < 4.78 is 17.3. The number of aromatic nitrogens is 1. The standard InChI is InChI=1S/C20H17N3O5/c1-11(24)15-6-7-16(28-15)14-5-4-13(8-17(14)26-2)23-10-12(9-21)18(22)19(23)20(25)27-3/h4-8,10H,22H2,1-3H3. The van der Waals surface area contributed by atoms with Gasteiger partial charge in [0.15, 0.2) is 17.2 Å². The van der Waals surface area contributed by atoms with Crippen LogP contribution in [0.4, 0.5) is 5.69 Å². The molecule has 1 aromatic carbocycles. The fourth-order valence-corrected chi connectivity index (χ4v) is 2.82. The van der Waals surface area contributed by atoms with Crippen LogP contribution in [0, 0.1) is 11.3 Å². The van der Waals surface area contributed by atoms with Gasteiger partial charge < -0.3 is 24.2 Å². The number of methoxy groups -OCH3 is 2. The molecule has 2 N–H and O–H groups in total. The maximum absolute atomic E-state index is 12.2. The van der Waals surface area contributed by atoms with E-state index in [-0.39, 0.29) is 28.5 Å². The van der Waals surface area contributed by atoms with Crippen LogP contribution in [-0.4, -0.2) is 30.5 Å². The highest BCUT2D eigenvalue weighted by molar-refractivity contribution is 5.96. The molecular weight excluding hydrogens is 362 g/mol. The molecule has 0 fully saturated rings. The van der Waals surface area contributed by atoms with Crippen molar-refractivity contribution in [2.75, 3.05) is 20.0 Å². The molecule has 3 aromatic rings. The first-order valence-corrected chi connectivity index (χ1v) is 8.20. The van der Waals surface area contributed by atoms with Gasteiger partial charge in [-0.05, 0) is 24.3 Å². The number of esters is 1. The quantitative estimate of drug-likeness (QED) is 0.534. The number of ether oxygens (including phenoxy) is 2. The second kappa shape index (κ2) is 7.32. The van der Waals surface area contributed by atoms with Gasteiger partial charge in [0.2, 0.25) is 0 Å². The van der Waals surface area contributed by atoms with E-state index in [0.717, 1.165) is 0 Å². The van der Waals surface area contributed by atoms with Crippen molar-refractivity contribution < 1.29 is 23.5 Å². The van der Waals surface area contributed by atoms with E-state index in [1.807, 2.05) is 6.07 Å². The third-order valence-corrected chi connectivity index (χ3v) is 4.23. The Morgan fingerprint density at radius 2 is 1.96 bits per heavy atom. The third kappa shape index (κ3) is 3.10. The van der Waals surface area contributed by atoms with Crippen LogP contribution in [0.1, 0.15) is 33.5 Å². The van der Waals surface area contributed by atoms with E-state index in [1.54, 1.807) is 30.3 Å². The van der Waals surface area contributed by atoms with E-state index in [1.165, 1.54) is 31.9 Å². The van der Waals surface area contributed by atoms with Crippen molar-refractivity contribution in [3.05, 3.63) is 53.5 Å². The lowest BCUT2D eigenvalue weighted by Gasteiger charge is -2.12. The van der Waals surface area contributed by atoms with Gasteiger partial charge in [-0.3, -0.25) is 4.79 Å². The number of ketones is 1. The average Bonchev–Trinajstić information content (AvgIpc) is 3.31. The number of carbonyl (C=O) groups excluding carboxylic acids is 2. The molecule has 0 atom stereocenters. The molecule has 0 radical (unpaired) electrons. The van der Waals surface area contributed by atoms with Gasteiger partial charge in [0.25, 0.3) is 0 Å². The molecule has 28 heavy (non-hydrogen) atoms. The van der Waals surface area contributed by atoms with Crippen molar-refractivity contribution in [2.24, 2.45) is 0 Å². The van der Waals surface area contributed by atoms with Crippen LogP contribution >= 0.6 is 0 Å². The van der Waals surface area contributed by atoms with E-state index < -0.39 is 5.97 Å². The Morgan fingerprint density at radius 1 is 1.21 bits per heavy atom. The smallest absolute Gasteiger partial charge is 0.357 e. The first-order chi connectivity index (χ1) is 13.4. The summed E-state index contributed by atoms with van der Waals surface area (Å²) in [5.41, 5.74) is 7.32. The van der Waals surface area contributed by atoms with Crippen molar-refractivity contribution in [1.82, 2.24) is 4.57 Å². The summed E-state index contributed by atoms with van der Waals surface area (Å²) >= 11 is 0. The zero-order valence-corrected chi connectivity index (χ0v) is 15.5. The Morgan fingerprint density at radius 3 is 2.54 bits per heavy atom. The molecule has 2 aromatic heterocycles. The Balaban J connectivity index is 2.14. The Kier molecular flexibility index (Phi) is 4.92. The molecule has 8 nitrogen and oxygen atoms in total. The van der Waals surface area contributed by atoms with E-state index in [0.29, 0.717) is 22.8 Å². The topological polar surface area (TPSA) is 120 Å². The number of hydrogen-bond acceptors (Lipinski definition) is 7. The van der Waals surface area contributed by atoms with E-state index in [2.05, 4.69) is 0 Å². The van der Waals surface area contributed by atoms with Crippen molar-refractivity contribution in [1.29, 1.82) is 5.26 Å². The van der Waals surface area contributed by atoms with E-state index >= 15 is 0 Å². The zero-order chi connectivity index (χ0) is 20.4. The zero-order valence-electron chi connectivity index (χ0n) is 15.5. The summed E-state index contributed by atoms with van der Waals surface area (Å²) in [4.78, 5) is 23.6. The van der Waals surface area contributed by atoms with Gasteiger partial charge in [0, 0.05) is 24.9 Å². The number of hydrogen-bond donors (Lipinski definition) is 1. The largest absolute Gasteiger partial charge is 0.496 e. The summed E-state index contributed by atoms with van der Waals surface area (Å²) in [6, 6.07) is 10.3. The predicted octanol–water partition coefficient (Wildman–Crippen LogP) is 3.19. The number of nitrogen functional groups attached to an aromatic ring is 1. The van der Waals surface area contributed by atoms with Crippen LogP contribution in [0.2, 0.25) is 0 Å². The molecule has 2 heterocycles. The Labute approximate surface area is 160 Å². The molecule has 142 valence electrons. The van der Waals surface area contributed by atoms with E-state index in [9.17, 15) is 14.9 Å². The lowest BCUT2D eigenvalue weighted by Crippen LogP contribution is -2.11. The van der Waals surface area contributed by atoms with Crippen molar-refractivity contribution in [2.45, 2.75) is 6.92 Å². The number of anilines is 1. The lowest BCUT2D eigenvalue weighted by molar-refractivity contribution is 0.0593. The van der Waals surface area contributed by atoms with Gasteiger partial charge in [-0.15, -0.1) is 0 Å². The highest BCUT2D eigenvalue weighted by Crippen LogP contribution is 2.34. The highest BCUT2D eigenvalue weighted by Gasteiger charge is 2.22. The molecule has 0 amide bonds. The summed E-state index contributed by atoms with van der Waals surface area (Å²) in [5.74, 6) is 0.302. The summed E-state index contributed by atoms with van der Waals surface area (Å²) in [5, 5.41) is 9.24. The molecule has 0 saturated heterocycles. The number of Topliss-reactive ketones (excluding diaryl/α,β-unsaturated/α-hetero) is 1. The van der Waals surface area contributed by atoms with Gasteiger partial charge in [-0.1, -0.05) is 0 Å². The first kappa shape index (κ1) is 18.8. The van der Waals surface area contributed by atoms with Crippen LogP contribution in [0.15, 0.2) is 40.9 Å². The molecule has 0 spiro atoms. The maximum Gasteiger partial charge on any atom is 0.357 e. The molecule has 0 aliphatic carbocycles. The lowest BCUT2D eigenvalue weighted by atomic mass is 10.1. The third-order valence-electron chi connectivity index (χ3n) is 4.23. The van der Waals surface area contributed by atoms with Gasteiger partial charge >= 0.3 is 5.97 Å². The van der Waals surface area contributed by atoms with Crippen LogP contribution in [0.5, 0.6) is 5.75 Å². The molecule has 0 saturated carbocycles. The predicted molar refractivity (Wildman–Crippen MR) is 100 cm³/mol. The van der Waals surface area contributed by atoms with Gasteiger partial charge in [-0.25, -0.2) is 4.79 Å². The Hall–Kier alpha value is -3.99. The second-order valence-electron chi connectivity index (χ2n) is 5.88. The SMILES string of the molecule is COC(=O)c1c(N)c(C#N)cn1-c1ccc(-c2ccc(C(C)=O)o2)c(OC)c1. The van der Waals surface area contributed by atoms with Gasteiger partial charge in [0.05, 0.1) is 31.0 Å². The maximum atomic E-state index is 12.2. The van der Waals surface area contributed by atoms with Crippen molar-refractivity contribution in [3.63, 3.8) is 0 Å². The number of carbonyl (C=O) groups is 2. The normalized spacial score (nSPS) is 10.4. The Bertz CT molecular complexity index is 1120. The number of benzene rings is 1. The van der Waals surface area contributed by atoms with Crippen LogP contribution in [-0.2, 0) is 4.74 Å². The number of furan rings is 1. The molecule has 8 heteroatoms. The first-order valence-electron chi connectivity index (χ1n) is 8.20. The van der Waals surface area contributed by atoms with Gasteiger partial charge in [0.1, 0.15) is 17.6 Å². The van der Waals surface area contributed by atoms with Crippen LogP contribution in [0.3, 0.4) is 0 Å². The fraction of sp³-hybridized carbons (Fsp3) is 0.150. The van der Waals surface area contributed by atoms with Crippen molar-refractivity contribution in [3.8, 4) is 28.8 Å². The minimum absolute atomic E-state index is 0.0366. The molecule has 3 rings (SSSR count). The minimum Gasteiger partial charge on any atom is -0.496 e. The molecule has 0 bridgehead atoms. The summed E-state index contributed by atoms with van der Waals surface area (Å²) in [6.45, 7) is 1.42. The number of nitrogens with two attached hydrogens (primary N) is 1. The van der Waals surface area contributed by atoms with Crippen molar-refractivity contribution >= 4 is 17.4 Å². The number of rotatable bonds is 5. The monoisotopic (exact) mass is 379 g/mol. The number of nitrogens with zero attached hydrogens (tertiary/aromatic N) is 2. The number of nitriles is 1. The molecular formula is C20H17N3O5. The molecule has 0 unspecified atom stereocenters. The highest BCUT2D eigenvalue weighted by atomic mass is 16.5. The minimum atomic E-state index is -0.667. The summed E-state index contributed by atoms with van der Waals surface area (Å²) in [7, 11) is 2.72. The van der Waals surface area contributed by atoms with Crippen LogP contribution in [0.25, 0.3) is 17.0 Å². The summed E-state index contributed by atoms with van der Waals surface area (Å²) in [6.07, 6.45) is 1.46. The fourth-order valence-electron chi connectivity index (χ4n) is 2.82. The van der Waals surface area contributed by atoms with Crippen LogP contribution < -0.4 is 10.5 Å². The molecule has 0 aliphatic rings. The van der Waals surface area contributed by atoms with Gasteiger partial charge in [-0.2, -0.15) is 5.26 Å². The second-order valence-corrected chi connectivity index (χ2v) is 5.88. The average molecular weight is 379 g/mol. The van der Waals surface area contributed by atoms with E-state index in [4.69, 9.17) is 19.6 Å². The molecule has 0 aliphatic heterocycles.